The zero-order chi connectivity index (χ0) is 13.1. The van der Waals surface area contributed by atoms with Crippen LogP contribution in [-0.2, 0) is 6.54 Å². The summed E-state index contributed by atoms with van der Waals surface area (Å²) >= 11 is 1.29. The van der Waals surface area contributed by atoms with Crippen molar-refractivity contribution in [2.45, 2.75) is 13.5 Å². The maximum Gasteiger partial charge on any atom is 0.275 e. The van der Waals surface area contributed by atoms with Crippen molar-refractivity contribution < 1.29 is 4.79 Å². The van der Waals surface area contributed by atoms with Crippen molar-refractivity contribution in [1.82, 2.24) is 15.0 Å². The van der Waals surface area contributed by atoms with Crippen LogP contribution in [0.3, 0.4) is 0 Å². The van der Waals surface area contributed by atoms with E-state index in [1.54, 1.807) is 19.1 Å². The number of hydrazine groups is 1. The van der Waals surface area contributed by atoms with E-state index in [0.717, 1.165) is 4.88 Å². The number of nitrogens with two attached hydrogens (primary N) is 1. The number of hydrogen-bond donors (Lipinski definition) is 2. The Morgan fingerprint density at radius 1 is 1.56 bits per heavy atom. The minimum Gasteiger partial charge on any atom is -0.294 e. The molecule has 0 aliphatic carbocycles. The lowest BCUT2D eigenvalue weighted by Gasteiger charge is -2.02. The largest absolute Gasteiger partial charge is 0.294 e. The molecule has 0 fully saturated rings. The second-order valence-electron chi connectivity index (χ2n) is 3.74. The number of nitrogens with one attached hydrogen (secondary N) is 1. The van der Waals surface area contributed by atoms with Gasteiger partial charge in [-0.25, -0.2) is 10.8 Å². The highest BCUT2D eigenvalue weighted by molar-refractivity contribution is 7.14. The maximum atomic E-state index is 11.7. The molecule has 18 heavy (non-hydrogen) atoms. The predicted molar refractivity (Wildman–Crippen MR) is 68.3 cm³/mol. The number of hydrogen-bond acceptors (Lipinski definition) is 5. The van der Waals surface area contributed by atoms with Crippen LogP contribution in [0.2, 0.25) is 0 Å². The van der Waals surface area contributed by atoms with Gasteiger partial charge in [0.05, 0.1) is 17.7 Å². The molecule has 0 saturated heterocycles. The number of rotatable bonds is 3. The molecule has 2 rings (SSSR count). The van der Waals surface area contributed by atoms with Crippen LogP contribution in [-0.4, -0.2) is 15.5 Å². The topological polar surface area (TPSA) is 90.0 Å². The number of carbonyl (C=O) groups excluding carboxylic acids is 1. The molecule has 0 bridgehead atoms. The van der Waals surface area contributed by atoms with Crippen LogP contribution in [0.5, 0.6) is 0 Å². The van der Waals surface area contributed by atoms with Crippen molar-refractivity contribution in [3.63, 3.8) is 0 Å². The first-order valence-electron chi connectivity index (χ1n) is 5.23. The number of aryl methyl sites for hydroxylation is 1. The van der Waals surface area contributed by atoms with Crippen LogP contribution in [0.1, 0.15) is 20.2 Å². The Morgan fingerprint density at radius 2 is 2.33 bits per heavy atom. The SMILES string of the molecule is Cc1cc(=O)n(Cc2ccc(C(=O)NN)s2)cn1. The first kappa shape index (κ1) is 12.5. The summed E-state index contributed by atoms with van der Waals surface area (Å²) in [6.07, 6.45) is 1.50. The fourth-order valence-electron chi connectivity index (χ4n) is 1.46. The van der Waals surface area contributed by atoms with Gasteiger partial charge in [0, 0.05) is 16.6 Å². The molecule has 0 spiro atoms. The minimum atomic E-state index is -0.333. The molecule has 0 saturated carbocycles. The van der Waals surface area contributed by atoms with E-state index in [1.165, 1.54) is 28.3 Å². The molecule has 1 amide bonds. The van der Waals surface area contributed by atoms with Gasteiger partial charge in [-0.3, -0.25) is 19.6 Å². The van der Waals surface area contributed by atoms with Gasteiger partial charge in [-0.15, -0.1) is 11.3 Å². The van der Waals surface area contributed by atoms with E-state index >= 15 is 0 Å². The lowest BCUT2D eigenvalue weighted by Crippen LogP contribution is -2.29. The average molecular weight is 264 g/mol. The molecule has 6 nitrogen and oxygen atoms in total. The van der Waals surface area contributed by atoms with Crippen molar-refractivity contribution in [2.24, 2.45) is 5.84 Å². The molecule has 7 heteroatoms. The highest BCUT2D eigenvalue weighted by Gasteiger charge is 2.08. The van der Waals surface area contributed by atoms with Crippen molar-refractivity contribution in [2.75, 3.05) is 0 Å². The van der Waals surface area contributed by atoms with Crippen LogP contribution in [0, 0.1) is 6.92 Å². The zero-order valence-electron chi connectivity index (χ0n) is 9.71. The smallest absolute Gasteiger partial charge is 0.275 e. The van der Waals surface area contributed by atoms with E-state index in [0.29, 0.717) is 17.1 Å². The molecule has 94 valence electrons. The van der Waals surface area contributed by atoms with Crippen molar-refractivity contribution >= 4 is 17.2 Å². The fourth-order valence-corrected chi connectivity index (χ4v) is 2.37. The molecule has 0 radical (unpaired) electrons. The number of thiophene rings is 1. The molecule has 3 N–H and O–H groups in total. The Morgan fingerprint density at radius 3 is 3.00 bits per heavy atom. The summed E-state index contributed by atoms with van der Waals surface area (Å²) < 4.78 is 1.49. The molecule has 0 unspecified atom stereocenters. The Balaban J connectivity index is 2.21. The van der Waals surface area contributed by atoms with Crippen LogP contribution in [0.25, 0.3) is 0 Å². The Bertz CT molecular complexity index is 632. The van der Waals surface area contributed by atoms with Gasteiger partial charge in [0.2, 0.25) is 0 Å². The summed E-state index contributed by atoms with van der Waals surface area (Å²) in [6, 6.07) is 4.94. The monoisotopic (exact) mass is 264 g/mol. The van der Waals surface area contributed by atoms with E-state index < -0.39 is 0 Å². The maximum absolute atomic E-state index is 11.7. The van der Waals surface area contributed by atoms with E-state index in [4.69, 9.17) is 5.84 Å². The molecule has 0 aliphatic rings. The molecular formula is C11H12N4O2S. The van der Waals surface area contributed by atoms with Gasteiger partial charge in [0.25, 0.3) is 11.5 Å². The van der Waals surface area contributed by atoms with E-state index in [1.807, 2.05) is 0 Å². The lowest BCUT2D eigenvalue weighted by atomic mass is 10.4. The van der Waals surface area contributed by atoms with Crippen molar-refractivity contribution in [3.8, 4) is 0 Å². The number of carbonyl (C=O) groups is 1. The summed E-state index contributed by atoms with van der Waals surface area (Å²) in [4.78, 5) is 28.4. The van der Waals surface area contributed by atoms with Gasteiger partial charge in [0.15, 0.2) is 0 Å². The Kier molecular flexibility index (Phi) is 3.54. The summed E-state index contributed by atoms with van der Waals surface area (Å²) in [5.74, 6) is 4.72. The first-order chi connectivity index (χ1) is 8.60. The number of nitrogen functional groups attached to an aromatic ring is 1. The standard InChI is InChI=1S/C11H12N4O2S/c1-7-4-10(16)15(6-13-7)5-8-2-3-9(18-8)11(17)14-12/h2-4,6H,5,12H2,1H3,(H,14,17). The fraction of sp³-hybridized carbons (Fsp3) is 0.182. The van der Waals surface area contributed by atoms with Gasteiger partial charge in [-0.2, -0.15) is 0 Å². The molecule has 2 heterocycles. The van der Waals surface area contributed by atoms with Crippen LogP contribution in [0.4, 0.5) is 0 Å². The lowest BCUT2D eigenvalue weighted by molar-refractivity contribution is 0.0957. The molecule has 2 aromatic rings. The van der Waals surface area contributed by atoms with Crippen LogP contribution in [0.15, 0.2) is 29.3 Å². The van der Waals surface area contributed by atoms with Gasteiger partial charge >= 0.3 is 0 Å². The highest BCUT2D eigenvalue weighted by atomic mass is 32.1. The summed E-state index contributed by atoms with van der Waals surface area (Å²) in [6.45, 7) is 2.16. The number of aromatic nitrogens is 2. The van der Waals surface area contributed by atoms with Crippen molar-refractivity contribution in [1.29, 1.82) is 0 Å². The third-order valence-corrected chi connectivity index (χ3v) is 3.43. The summed E-state index contributed by atoms with van der Waals surface area (Å²) in [5.41, 5.74) is 2.64. The van der Waals surface area contributed by atoms with Gasteiger partial charge in [-0.1, -0.05) is 0 Å². The first-order valence-corrected chi connectivity index (χ1v) is 6.04. The van der Waals surface area contributed by atoms with Gasteiger partial charge < -0.3 is 0 Å². The Hall–Kier alpha value is -1.99. The third-order valence-electron chi connectivity index (χ3n) is 2.36. The second-order valence-corrected chi connectivity index (χ2v) is 4.90. The normalized spacial score (nSPS) is 10.3. The molecule has 2 aromatic heterocycles. The van der Waals surface area contributed by atoms with E-state index in [9.17, 15) is 9.59 Å². The number of nitrogens with zero attached hydrogens (tertiary/aromatic N) is 2. The summed E-state index contributed by atoms with van der Waals surface area (Å²) in [7, 11) is 0. The van der Waals surface area contributed by atoms with Gasteiger partial charge in [-0.05, 0) is 19.1 Å². The van der Waals surface area contributed by atoms with Crippen LogP contribution < -0.4 is 16.8 Å². The minimum absolute atomic E-state index is 0.110. The van der Waals surface area contributed by atoms with Gasteiger partial charge in [0.1, 0.15) is 0 Å². The second kappa shape index (κ2) is 5.11. The van der Waals surface area contributed by atoms with E-state index in [2.05, 4.69) is 10.4 Å². The predicted octanol–water partition coefficient (Wildman–Crippen LogP) is 0.265. The molecule has 0 aromatic carbocycles. The zero-order valence-corrected chi connectivity index (χ0v) is 10.5. The highest BCUT2D eigenvalue weighted by Crippen LogP contribution is 2.16. The van der Waals surface area contributed by atoms with Crippen LogP contribution >= 0.6 is 11.3 Å². The molecule has 0 aliphatic heterocycles. The molecular weight excluding hydrogens is 252 g/mol. The molecule has 0 atom stereocenters. The van der Waals surface area contributed by atoms with E-state index in [-0.39, 0.29) is 11.5 Å². The number of amides is 1. The summed E-state index contributed by atoms with van der Waals surface area (Å²) in [5, 5.41) is 0. The quantitative estimate of drug-likeness (QED) is 0.473. The Labute approximate surface area is 107 Å². The third kappa shape index (κ3) is 2.63. The van der Waals surface area contributed by atoms with Crippen molar-refractivity contribution in [3.05, 3.63) is 50.3 Å². The average Bonchev–Trinajstić information content (AvgIpc) is 2.80.